The molecule has 2 heterocycles. The Morgan fingerprint density at radius 1 is 1.09 bits per heavy atom. The van der Waals surface area contributed by atoms with Gasteiger partial charge in [-0.25, -0.2) is 4.79 Å². The maximum atomic E-state index is 13.0. The van der Waals surface area contributed by atoms with Crippen LogP contribution in [-0.4, -0.2) is 38.6 Å². The van der Waals surface area contributed by atoms with Gasteiger partial charge in [0.15, 0.2) is 0 Å². The van der Waals surface area contributed by atoms with Crippen molar-refractivity contribution in [1.29, 1.82) is 0 Å². The van der Waals surface area contributed by atoms with Gasteiger partial charge in [0, 0.05) is 43.3 Å². The van der Waals surface area contributed by atoms with Crippen LogP contribution in [-0.2, 0) is 20.5 Å². The minimum Gasteiger partial charge on any atom is -0.497 e. The van der Waals surface area contributed by atoms with Crippen LogP contribution < -0.4 is 16.0 Å². The van der Waals surface area contributed by atoms with Crippen molar-refractivity contribution in [3.05, 3.63) is 91.8 Å². The first-order chi connectivity index (χ1) is 15.8. The Hall–Kier alpha value is -4.07. The fraction of sp³-hybridized carbons (Fsp3) is 0.240. The normalized spacial score (nSPS) is 11.8. The number of aromatic nitrogens is 3. The van der Waals surface area contributed by atoms with Gasteiger partial charge in [-0.15, -0.1) is 0 Å². The third-order valence-corrected chi connectivity index (χ3v) is 5.82. The highest BCUT2D eigenvalue weighted by molar-refractivity contribution is 6.14. The lowest BCUT2D eigenvalue weighted by atomic mass is 10.0. The highest BCUT2D eigenvalue weighted by atomic mass is 16.5. The number of ether oxygens (including phenoxy) is 1. The zero-order valence-electron chi connectivity index (χ0n) is 19.0. The van der Waals surface area contributed by atoms with E-state index in [1.54, 1.807) is 7.11 Å². The number of aromatic hydroxyl groups is 1. The van der Waals surface area contributed by atoms with Crippen molar-refractivity contribution in [1.82, 2.24) is 14.1 Å². The monoisotopic (exact) mass is 446 g/mol. The van der Waals surface area contributed by atoms with Crippen molar-refractivity contribution in [2.24, 2.45) is 19.1 Å². The van der Waals surface area contributed by atoms with Gasteiger partial charge in [0.2, 0.25) is 5.88 Å². The predicted molar refractivity (Wildman–Crippen MR) is 129 cm³/mol. The number of hydrogen-bond acceptors (Lipinski definition) is 5. The summed E-state index contributed by atoms with van der Waals surface area (Å²) in [5, 5.41) is 11.7. The number of aliphatic imine (C=N–C) groups is 1. The first kappa shape index (κ1) is 22.1. The van der Waals surface area contributed by atoms with Gasteiger partial charge >= 0.3 is 5.69 Å². The van der Waals surface area contributed by atoms with E-state index in [1.807, 2.05) is 55.6 Å². The molecule has 4 aromatic rings. The average Bonchev–Trinajstić information content (AvgIpc) is 3.23. The molecule has 170 valence electrons. The van der Waals surface area contributed by atoms with Crippen molar-refractivity contribution in [3.8, 4) is 11.6 Å². The molecular weight excluding hydrogens is 420 g/mol. The smallest absolute Gasteiger partial charge is 0.333 e. The van der Waals surface area contributed by atoms with E-state index in [0.29, 0.717) is 24.2 Å². The van der Waals surface area contributed by atoms with Gasteiger partial charge in [-0.05, 0) is 37.1 Å². The standard InChI is InChI=1S/C25H26N4O4/c1-15-5-7-16(8-6-15)22(21-23(30)28(2)25(32)29(3)24(21)31)26-12-11-17-14-27-20-10-9-18(33-4)13-19(17)20/h5-10,13-14,27,30H,11-12H2,1-4H3. The summed E-state index contributed by atoms with van der Waals surface area (Å²) >= 11 is 0. The zero-order valence-corrected chi connectivity index (χ0v) is 19.0. The zero-order chi connectivity index (χ0) is 23.7. The Labute approximate surface area is 190 Å². The SMILES string of the molecule is COc1ccc2[nH]cc(CCN=C(c3ccc(C)cc3)c3c(O)n(C)c(=O)n(C)c3=O)c2c1. The number of fused-ring (bicyclic) bond motifs is 1. The summed E-state index contributed by atoms with van der Waals surface area (Å²) in [5.41, 5.74) is 2.97. The molecular formula is C25H26N4O4. The third-order valence-electron chi connectivity index (χ3n) is 5.82. The minimum absolute atomic E-state index is 0.00375. The maximum Gasteiger partial charge on any atom is 0.333 e. The van der Waals surface area contributed by atoms with Crippen molar-refractivity contribution in [2.45, 2.75) is 13.3 Å². The number of aromatic amines is 1. The second-order valence-corrected chi connectivity index (χ2v) is 7.98. The lowest BCUT2D eigenvalue weighted by Crippen LogP contribution is -2.40. The molecule has 0 aliphatic rings. The average molecular weight is 447 g/mol. The molecule has 0 bridgehead atoms. The lowest BCUT2D eigenvalue weighted by Gasteiger charge is -2.13. The van der Waals surface area contributed by atoms with Crippen LogP contribution in [0.5, 0.6) is 11.6 Å². The summed E-state index contributed by atoms with van der Waals surface area (Å²) in [5.74, 6) is 0.366. The number of H-pyrrole nitrogens is 1. The number of nitrogens with one attached hydrogen (secondary N) is 1. The molecule has 0 aliphatic heterocycles. The summed E-state index contributed by atoms with van der Waals surface area (Å²) < 4.78 is 7.36. The van der Waals surface area contributed by atoms with Gasteiger partial charge in [-0.2, -0.15) is 0 Å². The number of aryl methyl sites for hydroxylation is 1. The summed E-state index contributed by atoms with van der Waals surface area (Å²) in [7, 11) is 4.44. The Bertz CT molecular complexity index is 1470. The van der Waals surface area contributed by atoms with Gasteiger partial charge in [-0.1, -0.05) is 29.8 Å². The van der Waals surface area contributed by atoms with Gasteiger partial charge in [0.25, 0.3) is 5.56 Å². The van der Waals surface area contributed by atoms with Crippen molar-refractivity contribution in [3.63, 3.8) is 0 Å². The second kappa shape index (κ2) is 8.82. The highest BCUT2D eigenvalue weighted by Crippen LogP contribution is 2.24. The van der Waals surface area contributed by atoms with E-state index in [2.05, 4.69) is 4.98 Å². The molecule has 0 saturated heterocycles. The van der Waals surface area contributed by atoms with Crippen LogP contribution in [0.2, 0.25) is 0 Å². The molecule has 8 nitrogen and oxygen atoms in total. The Kier molecular flexibility index (Phi) is 5.91. The van der Waals surface area contributed by atoms with Crippen molar-refractivity contribution < 1.29 is 9.84 Å². The van der Waals surface area contributed by atoms with Gasteiger partial charge in [0.05, 0.1) is 12.8 Å². The largest absolute Gasteiger partial charge is 0.497 e. The van der Waals surface area contributed by atoms with Crippen LogP contribution in [0, 0.1) is 6.92 Å². The van der Waals surface area contributed by atoms with Crippen molar-refractivity contribution in [2.75, 3.05) is 13.7 Å². The Morgan fingerprint density at radius 3 is 2.52 bits per heavy atom. The van der Waals surface area contributed by atoms with E-state index in [0.717, 1.165) is 36.9 Å². The molecule has 2 aromatic carbocycles. The predicted octanol–water partition coefficient (Wildman–Crippen LogP) is 2.67. The van der Waals surface area contributed by atoms with E-state index in [-0.39, 0.29) is 5.56 Å². The second-order valence-electron chi connectivity index (χ2n) is 7.98. The molecule has 0 fully saturated rings. The topological polar surface area (TPSA) is 102 Å². The number of hydrogen-bond donors (Lipinski definition) is 2. The molecule has 0 spiro atoms. The van der Waals surface area contributed by atoms with E-state index in [4.69, 9.17) is 9.73 Å². The van der Waals surface area contributed by atoms with E-state index < -0.39 is 17.1 Å². The first-order valence-corrected chi connectivity index (χ1v) is 10.6. The molecule has 0 saturated carbocycles. The van der Waals surface area contributed by atoms with Crippen molar-refractivity contribution >= 4 is 16.6 Å². The molecule has 0 amide bonds. The van der Waals surface area contributed by atoms with Crippen LogP contribution >= 0.6 is 0 Å². The van der Waals surface area contributed by atoms with Crippen LogP contribution in [0.3, 0.4) is 0 Å². The number of rotatable bonds is 6. The molecule has 2 aromatic heterocycles. The molecule has 8 heteroatoms. The van der Waals surface area contributed by atoms with E-state index in [9.17, 15) is 14.7 Å². The van der Waals surface area contributed by atoms with Gasteiger partial charge < -0.3 is 14.8 Å². The lowest BCUT2D eigenvalue weighted by molar-refractivity contribution is 0.410. The summed E-state index contributed by atoms with van der Waals surface area (Å²) in [4.78, 5) is 33.2. The minimum atomic E-state index is -0.600. The summed E-state index contributed by atoms with van der Waals surface area (Å²) in [6.45, 7) is 2.34. The Morgan fingerprint density at radius 2 is 1.82 bits per heavy atom. The van der Waals surface area contributed by atoms with Crippen LogP contribution in [0.15, 0.2) is 63.2 Å². The fourth-order valence-corrected chi connectivity index (χ4v) is 3.85. The molecule has 0 aliphatic carbocycles. The van der Waals surface area contributed by atoms with Crippen LogP contribution in [0.4, 0.5) is 0 Å². The number of methoxy groups -OCH3 is 1. The maximum absolute atomic E-state index is 13.0. The number of nitrogens with zero attached hydrogens (tertiary/aromatic N) is 3. The summed E-state index contributed by atoms with van der Waals surface area (Å²) in [6.07, 6.45) is 2.54. The molecule has 33 heavy (non-hydrogen) atoms. The quantitative estimate of drug-likeness (QED) is 0.445. The van der Waals surface area contributed by atoms with E-state index >= 15 is 0 Å². The highest BCUT2D eigenvalue weighted by Gasteiger charge is 2.21. The molecule has 0 radical (unpaired) electrons. The fourth-order valence-electron chi connectivity index (χ4n) is 3.85. The third kappa shape index (κ3) is 4.07. The summed E-state index contributed by atoms with van der Waals surface area (Å²) in [6, 6.07) is 13.4. The molecule has 0 atom stereocenters. The van der Waals surface area contributed by atoms with Gasteiger partial charge in [-0.3, -0.25) is 18.9 Å². The molecule has 0 unspecified atom stereocenters. The Balaban J connectivity index is 1.78. The van der Waals surface area contributed by atoms with Gasteiger partial charge in [0.1, 0.15) is 11.3 Å². The first-order valence-electron chi connectivity index (χ1n) is 10.6. The molecule has 2 N–H and O–H groups in total. The van der Waals surface area contributed by atoms with Crippen LogP contribution in [0.1, 0.15) is 22.3 Å². The number of benzene rings is 2. The molecule has 4 rings (SSSR count). The van der Waals surface area contributed by atoms with Crippen LogP contribution in [0.25, 0.3) is 10.9 Å². The van der Waals surface area contributed by atoms with E-state index in [1.165, 1.54) is 14.1 Å².